The van der Waals surface area contributed by atoms with Crippen molar-refractivity contribution in [2.45, 2.75) is 81.7 Å². The van der Waals surface area contributed by atoms with E-state index in [1.807, 2.05) is 59.2 Å². The summed E-state index contributed by atoms with van der Waals surface area (Å²) in [6, 6.07) is 7.55. The van der Waals surface area contributed by atoms with Crippen molar-refractivity contribution in [3.63, 3.8) is 0 Å². The molecule has 0 aliphatic heterocycles. The Morgan fingerprint density at radius 3 is 1.49 bits per heavy atom. The molecule has 49 heavy (non-hydrogen) atoms. The van der Waals surface area contributed by atoms with Crippen LogP contribution in [0.15, 0.2) is 24.3 Å². The van der Waals surface area contributed by atoms with Crippen molar-refractivity contribution < 1.29 is 54.7 Å². The predicted octanol–water partition coefficient (Wildman–Crippen LogP) is -1.60. The second kappa shape index (κ2) is 17.2. The molecule has 0 radical (unpaired) electrons. The first-order valence-corrected chi connectivity index (χ1v) is 18.5. The highest BCUT2D eigenvalue weighted by molar-refractivity contribution is 7.85. The van der Waals surface area contributed by atoms with Crippen molar-refractivity contribution in [1.29, 1.82) is 0 Å². The molecule has 260 valence electrons. The van der Waals surface area contributed by atoms with Crippen LogP contribution >= 0.6 is 0 Å². The Bertz CT molecular complexity index is 1560. The molecule has 1 saturated carbocycles. The van der Waals surface area contributed by atoms with E-state index in [-0.39, 0.29) is 19.3 Å². The smallest absolute Gasteiger partial charge is 0.426 e. The quantitative estimate of drug-likeness (QED) is 0.107. The highest BCUT2D eigenvalue weighted by Gasteiger charge is 2.47. The van der Waals surface area contributed by atoms with Gasteiger partial charge in [0.25, 0.3) is 10.1 Å². The van der Waals surface area contributed by atoms with Gasteiger partial charge < -0.3 is 14.2 Å². The van der Waals surface area contributed by atoms with Crippen molar-refractivity contribution in [3.8, 4) is 0 Å². The molecule has 1 aliphatic carbocycles. The molecule has 9 nitrogen and oxygen atoms in total. The Kier molecular flexibility index (Phi) is 14.2. The molecule has 0 bridgehead atoms. The van der Waals surface area contributed by atoms with Crippen LogP contribution in [0.4, 0.5) is 13.2 Å². The molecule has 1 fully saturated rings. The van der Waals surface area contributed by atoms with Gasteiger partial charge in [0.1, 0.15) is 65.0 Å². The third-order valence-electron chi connectivity index (χ3n) is 9.02. The average Bonchev–Trinajstić information content (AvgIpc) is 3.05. The van der Waals surface area contributed by atoms with E-state index in [4.69, 9.17) is 14.0 Å². The lowest BCUT2D eigenvalue weighted by atomic mass is 9.81. The van der Waals surface area contributed by atoms with Crippen LogP contribution in [0.2, 0.25) is 0 Å². The summed E-state index contributed by atoms with van der Waals surface area (Å²) in [5.41, 5.74) is 6.09. The van der Waals surface area contributed by atoms with E-state index >= 15 is 0 Å². The molecule has 1 aliphatic rings. The van der Waals surface area contributed by atoms with Crippen molar-refractivity contribution >= 4 is 75.1 Å². The molecule has 0 spiro atoms. The van der Waals surface area contributed by atoms with Crippen LogP contribution in [-0.4, -0.2) is 108 Å². The van der Waals surface area contributed by atoms with Gasteiger partial charge in [0.05, 0.1) is 17.0 Å². The van der Waals surface area contributed by atoms with Gasteiger partial charge in [-0.05, 0) is 36.1 Å². The third kappa shape index (κ3) is 10.7. The Morgan fingerprint density at radius 1 is 0.735 bits per heavy atom. The molecular weight excluding hydrogens is 658 g/mol. The highest BCUT2D eigenvalue weighted by atomic mass is 32.2. The summed E-state index contributed by atoms with van der Waals surface area (Å²) in [6.45, 7) is 0. The monoisotopic (exact) mass is 700 g/mol. The van der Waals surface area contributed by atoms with Crippen molar-refractivity contribution in [2.24, 2.45) is 5.92 Å². The average molecular weight is 700 g/mol. The number of benzene rings is 2. The lowest BCUT2D eigenvalue weighted by Gasteiger charge is -2.34. The van der Waals surface area contributed by atoms with E-state index < -0.39 is 64.2 Å². The van der Waals surface area contributed by atoms with E-state index in [1.54, 1.807) is 12.1 Å². The molecule has 0 amide bonds. The number of esters is 3. The molecule has 0 heterocycles. The van der Waals surface area contributed by atoms with E-state index in [9.17, 15) is 36.0 Å². The second-order valence-electron chi connectivity index (χ2n) is 12.4. The van der Waals surface area contributed by atoms with Gasteiger partial charge in [0.2, 0.25) is 6.10 Å². The summed E-state index contributed by atoms with van der Waals surface area (Å²) in [7, 11) is 6.49. The van der Waals surface area contributed by atoms with Gasteiger partial charge >= 0.3 is 24.1 Å². The number of rotatable bonds is 14. The molecule has 3 unspecified atom stereocenters. The molecule has 19 heteroatoms. The Morgan fingerprint density at radius 2 is 1.16 bits per heavy atom. The molecule has 3 rings (SSSR count). The van der Waals surface area contributed by atoms with E-state index in [2.05, 4.69) is 4.74 Å². The van der Waals surface area contributed by atoms with E-state index in [0.29, 0.717) is 49.0 Å². The third-order valence-corrected chi connectivity index (χ3v) is 9.74. The van der Waals surface area contributed by atoms with Crippen LogP contribution in [0, 0.1) is 5.92 Å². The fourth-order valence-electron chi connectivity index (χ4n) is 6.49. The van der Waals surface area contributed by atoms with E-state index in [0.717, 1.165) is 33.4 Å². The van der Waals surface area contributed by atoms with Gasteiger partial charge in [-0.2, -0.15) is 21.6 Å². The molecule has 0 aromatic heterocycles. The molecule has 2 aromatic rings. The van der Waals surface area contributed by atoms with Crippen LogP contribution in [0.3, 0.4) is 0 Å². The first-order valence-electron chi connectivity index (χ1n) is 16.9. The predicted molar refractivity (Wildman–Crippen MR) is 194 cm³/mol. The number of halogens is 3. The number of ether oxygens (including phenoxy) is 3. The minimum absolute atomic E-state index is 0.0277. The first-order chi connectivity index (χ1) is 23.0. The molecule has 3 atom stereocenters. The van der Waals surface area contributed by atoms with Gasteiger partial charge in [-0.25, -0.2) is 9.59 Å². The van der Waals surface area contributed by atoms with Crippen LogP contribution in [0.25, 0.3) is 0 Å². The van der Waals surface area contributed by atoms with Gasteiger partial charge in [0.15, 0.2) is 0 Å². The van der Waals surface area contributed by atoms with Crippen molar-refractivity contribution in [1.82, 2.24) is 0 Å². The molecular formula is C30H41B6F3O9S. The SMILES string of the molecule is BCc1cc(CB)c(CB)c(C(=O)OC2CC(OC(=O)c3cc(CB)cc(CB)c3CB)CC(C(=O)OC(CS(=O)(=O)O)C(F)(F)F)C2)c1. The summed E-state index contributed by atoms with van der Waals surface area (Å²) < 4.78 is 89.0. The molecule has 0 saturated heterocycles. The lowest BCUT2D eigenvalue weighted by Crippen LogP contribution is -2.44. The maximum absolute atomic E-state index is 13.7. The van der Waals surface area contributed by atoms with Gasteiger partial charge in [-0.1, -0.05) is 72.3 Å². The fraction of sp³-hybridized carbons (Fsp3) is 0.500. The minimum Gasteiger partial charge on any atom is -0.459 e. The largest absolute Gasteiger partial charge is 0.459 e. The Hall–Kier alpha value is -3.06. The van der Waals surface area contributed by atoms with Crippen molar-refractivity contribution in [2.75, 3.05) is 5.75 Å². The summed E-state index contributed by atoms with van der Waals surface area (Å²) in [6.07, 6.45) is -7.31. The Balaban J connectivity index is 1.98. The number of hydrogen-bond donors (Lipinski definition) is 1. The minimum atomic E-state index is -5.30. The number of carbonyl (C=O) groups is 3. The van der Waals surface area contributed by atoms with Crippen LogP contribution in [0.1, 0.15) is 73.4 Å². The number of hydrogen-bond acceptors (Lipinski definition) is 8. The van der Waals surface area contributed by atoms with Gasteiger partial charge in [-0.15, -0.1) is 0 Å². The molecule has 1 N–H and O–H groups in total. The topological polar surface area (TPSA) is 133 Å². The summed E-state index contributed by atoms with van der Waals surface area (Å²) in [5, 5.41) is 0. The van der Waals surface area contributed by atoms with Gasteiger partial charge in [-0.3, -0.25) is 9.35 Å². The zero-order valence-corrected chi connectivity index (χ0v) is 29.8. The maximum atomic E-state index is 13.7. The second-order valence-corrected chi connectivity index (χ2v) is 13.9. The fourth-order valence-corrected chi connectivity index (χ4v) is 7.13. The molecule has 2 aromatic carbocycles. The lowest BCUT2D eigenvalue weighted by molar-refractivity contribution is -0.219. The van der Waals surface area contributed by atoms with Gasteiger partial charge in [0, 0.05) is 6.42 Å². The maximum Gasteiger partial charge on any atom is 0.426 e. The standard InChI is InChI=1S/C30H41B6F3O9S/c31-8-15-1-18(10-33)24(12-35)22(3-15)28(41)46-20-5-17(27(40)48-26(30(37,38)39)14-49(43,44)45)6-21(7-20)47-29(42)23-4-16(9-32)2-19(11-34)25(23)13-36/h1-4,17,20-21,26H,5-14,31-36H2,(H,43,44,45). The number of alkyl halides is 3. The summed E-state index contributed by atoms with van der Waals surface area (Å²) in [4.78, 5) is 40.5. The Labute approximate surface area is 291 Å². The van der Waals surface area contributed by atoms with Crippen LogP contribution < -0.4 is 0 Å². The zero-order chi connectivity index (χ0) is 36.7. The highest BCUT2D eigenvalue weighted by Crippen LogP contribution is 2.34. The summed E-state index contributed by atoms with van der Waals surface area (Å²) >= 11 is 0. The normalized spacial score (nSPS) is 18.7. The first kappa shape index (κ1) is 40.4. The van der Waals surface area contributed by atoms with E-state index in [1.165, 1.54) is 0 Å². The zero-order valence-electron chi connectivity index (χ0n) is 28.9. The van der Waals surface area contributed by atoms with Crippen molar-refractivity contribution in [3.05, 3.63) is 68.8 Å². The summed E-state index contributed by atoms with van der Waals surface area (Å²) in [5.74, 6) is -6.01. The van der Waals surface area contributed by atoms with Crippen LogP contribution in [0.5, 0.6) is 0 Å². The number of carbonyl (C=O) groups excluding carboxylic acids is 3. The van der Waals surface area contributed by atoms with Crippen LogP contribution in [-0.2, 0) is 67.0 Å².